The van der Waals surface area contributed by atoms with Gasteiger partial charge in [-0.15, -0.1) is 12.3 Å². The summed E-state index contributed by atoms with van der Waals surface area (Å²) in [6.45, 7) is 7.64. The van der Waals surface area contributed by atoms with Gasteiger partial charge in [0.15, 0.2) is 23.3 Å². The van der Waals surface area contributed by atoms with Crippen molar-refractivity contribution >= 4 is 11.9 Å². The van der Waals surface area contributed by atoms with Crippen molar-refractivity contribution in [1.82, 2.24) is 0 Å². The van der Waals surface area contributed by atoms with Gasteiger partial charge in [-0.3, -0.25) is 4.79 Å². The SMILES string of the molecule is C#CCc1c(F)c(F)c(COC(=O)[C@@H]2[C@H](/C=C\C(=O)OC(C)(C)C)C2(C)C)c(F)c1F. The molecule has 1 aliphatic carbocycles. The normalized spacial score (nSPS) is 19.7. The Morgan fingerprint density at radius 3 is 2.06 bits per heavy atom. The summed E-state index contributed by atoms with van der Waals surface area (Å²) in [4.78, 5) is 24.2. The number of ether oxygens (including phenoxy) is 2. The fraction of sp³-hybridized carbons (Fsp3) is 0.478. The molecule has 4 nitrogen and oxygen atoms in total. The quantitative estimate of drug-likeness (QED) is 0.213. The molecule has 2 atom stereocenters. The largest absolute Gasteiger partial charge is 0.460 e. The number of esters is 2. The van der Waals surface area contributed by atoms with Crippen molar-refractivity contribution in [1.29, 1.82) is 0 Å². The van der Waals surface area contributed by atoms with E-state index in [2.05, 4.69) is 0 Å². The van der Waals surface area contributed by atoms with E-state index < -0.39 is 76.3 Å². The van der Waals surface area contributed by atoms with Crippen LogP contribution in [0.1, 0.15) is 45.7 Å². The van der Waals surface area contributed by atoms with Crippen molar-refractivity contribution in [2.45, 2.75) is 53.2 Å². The summed E-state index contributed by atoms with van der Waals surface area (Å²) < 4.78 is 66.4. The number of carbonyl (C=O) groups is 2. The third kappa shape index (κ3) is 5.27. The lowest BCUT2D eigenvalue weighted by molar-refractivity contribution is -0.149. The first-order valence-corrected chi connectivity index (χ1v) is 9.57. The molecule has 1 aromatic carbocycles. The Hall–Kier alpha value is -2.82. The summed E-state index contributed by atoms with van der Waals surface area (Å²) >= 11 is 0. The lowest BCUT2D eigenvalue weighted by Gasteiger charge is -2.17. The average Bonchev–Trinajstić information content (AvgIpc) is 3.21. The Bertz CT molecular complexity index is 938. The van der Waals surface area contributed by atoms with E-state index in [1.807, 2.05) is 5.92 Å². The van der Waals surface area contributed by atoms with Gasteiger partial charge < -0.3 is 9.47 Å². The summed E-state index contributed by atoms with van der Waals surface area (Å²) in [7, 11) is 0. The molecular weight excluding hydrogens is 416 g/mol. The second-order valence-corrected chi connectivity index (χ2v) is 8.92. The average molecular weight is 440 g/mol. The van der Waals surface area contributed by atoms with Gasteiger partial charge in [-0.05, 0) is 32.1 Å². The molecule has 0 N–H and O–H groups in total. The van der Waals surface area contributed by atoms with Crippen LogP contribution in [0.5, 0.6) is 0 Å². The van der Waals surface area contributed by atoms with Crippen LogP contribution >= 0.6 is 0 Å². The molecule has 8 heteroatoms. The topological polar surface area (TPSA) is 52.6 Å². The Kier molecular flexibility index (Phi) is 6.89. The number of hydrogen-bond donors (Lipinski definition) is 0. The summed E-state index contributed by atoms with van der Waals surface area (Å²) in [6, 6.07) is 0. The van der Waals surface area contributed by atoms with E-state index in [1.165, 1.54) is 12.2 Å². The second kappa shape index (κ2) is 8.74. The highest BCUT2D eigenvalue weighted by Crippen LogP contribution is 2.59. The minimum Gasteiger partial charge on any atom is -0.460 e. The Labute approximate surface area is 178 Å². The van der Waals surface area contributed by atoms with Gasteiger partial charge in [-0.1, -0.05) is 19.9 Å². The number of hydrogen-bond acceptors (Lipinski definition) is 4. The Balaban J connectivity index is 2.10. The smallest absolute Gasteiger partial charge is 0.330 e. The molecule has 0 unspecified atom stereocenters. The van der Waals surface area contributed by atoms with Crippen molar-refractivity contribution < 1.29 is 36.6 Å². The van der Waals surface area contributed by atoms with E-state index in [1.54, 1.807) is 34.6 Å². The van der Waals surface area contributed by atoms with Crippen LogP contribution in [0, 0.1) is 52.9 Å². The first kappa shape index (κ1) is 24.4. The third-order valence-corrected chi connectivity index (χ3v) is 5.09. The molecular formula is C23H24F4O4. The van der Waals surface area contributed by atoms with Crippen LogP contribution in [-0.4, -0.2) is 17.5 Å². The minimum atomic E-state index is -1.66. The standard InChI is InChI=1S/C23H24F4O4/c1-7-8-12-17(24)19(26)13(20(27)18(12)25)11-30-21(29)16-14(23(16,5)6)9-10-15(28)31-22(2,3)4/h1,9-10,14,16H,8,11H2,2-6H3/b10-9-/t14-,16-/m0/s1. The van der Waals surface area contributed by atoms with Crippen molar-refractivity contribution in [3.05, 3.63) is 46.5 Å². The number of halogens is 4. The predicted octanol–water partition coefficient (Wildman–Crippen LogP) is 4.63. The van der Waals surface area contributed by atoms with Crippen molar-refractivity contribution in [2.24, 2.45) is 17.3 Å². The molecule has 0 amide bonds. The number of allylic oxidation sites excluding steroid dienone is 1. The first-order valence-electron chi connectivity index (χ1n) is 9.57. The molecule has 0 spiro atoms. The zero-order valence-corrected chi connectivity index (χ0v) is 17.9. The van der Waals surface area contributed by atoms with E-state index in [0.717, 1.165) is 0 Å². The fourth-order valence-corrected chi connectivity index (χ4v) is 3.34. The molecule has 0 saturated heterocycles. The molecule has 0 bridgehead atoms. The molecule has 0 aromatic heterocycles. The molecule has 1 aliphatic rings. The molecule has 0 aliphatic heterocycles. The van der Waals surface area contributed by atoms with Crippen LogP contribution in [0.4, 0.5) is 17.6 Å². The summed E-state index contributed by atoms with van der Waals surface area (Å²) in [5.74, 6) is -7.10. The number of terminal acetylenes is 1. The highest BCUT2D eigenvalue weighted by Gasteiger charge is 2.61. The number of rotatable bonds is 6. The van der Waals surface area contributed by atoms with Crippen LogP contribution in [0.3, 0.4) is 0 Å². The van der Waals surface area contributed by atoms with E-state index in [4.69, 9.17) is 15.9 Å². The van der Waals surface area contributed by atoms with Gasteiger partial charge in [0, 0.05) is 18.1 Å². The molecule has 0 heterocycles. The molecule has 0 radical (unpaired) electrons. The third-order valence-electron chi connectivity index (χ3n) is 5.09. The monoisotopic (exact) mass is 440 g/mol. The number of benzene rings is 1. The lowest BCUT2D eigenvalue weighted by Crippen LogP contribution is -2.22. The zero-order chi connectivity index (χ0) is 23.7. The predicted molar refractivity (Wildman–Crippen MR) is 104 cm³/mol. The maximum absolute atomic E-state index is 14.2. The molecule has 1 saturated carbocycles. The zero-order valence-electron chi connectivity index (χ0n) is 17.9. The lowest BCUT2D eigenvalue weighted by atomic mass is 10.1. The fourth-order valence-electron chi connectivity index (χ4n) is 3.34. The van der Waals surface area contributed by atoms with Gasteiger partial charge >= 0.3 is 11.9 Å². The van der Waals surface area contributed by atoms with E-state index in [0.29, 0.717) is 0 Å². The van der Waals surface area contributed by atoms with Gasteiger partial charge in [-0.2, -0.15) is 0 Å². The minimum absolute atomic E-state index is 0.381. The summed E-state index contributed by atoms with van der Waals surface area (Å²) in [6.07, 6.45) is 7.04. The first-order chi connectivity index (χ1) is 14.2. The molecule has 1 fully saturated rings. The van der Waals surface area contributed by atoms with Crippen LogP contribution in [-0.2, 0) is 32.1 Å². The van der Waals surface area contributed by atoms with Gasteiger partial charge in [0.05, 0.1) is 11.5 Å². The molecule has 31 heavy (non-hydrogen) atoms. The van der Waals surface area contributed by atoms with Crippen molar-refractivity contribution in [3.63, 3.8) is 0 Å². The summed E-state index contributed by atoms with van der Waals surface area (Å²) in [5, 5.41) is 0. The van der Waals surface area contributed by atoms with E-state index >= 15 is 0 Å². The van der Waals surface area contributed by atoms with Gasteiger partial charge in [0.2, 0.25) is 0 Å². The van der Waals surface area contributed by atoms with Crippen LogP contribution in [0.15, 0.2) is 12.2 Å². The second-order valence-electron chi connectivity index (χ2n) is 8.92. The highest BCUT2D eigenvalue weighted by molar-refractivity contribution is 5.83. The number of carbonyl (C=O) groups excluding carboxylic acids is 2. The van der Waals surface area contributed by atoms with E-state index in [9.17, 15) is 27.2 Å². The molecule has 2 rings (SSSR count). The van der Waals surface area contributed by atoms with Crippen molar-refractivity contribution in [2.75, 3.05) is 0 Å². The van der Waals surface area contributed by atoms with Gasteiger partial charge in [0.25, 0.3) is 0 Å². The van der Waals surface area contributed by atoms with Gasteiger partial charge in [-0.25, -0.2) is 22.4 Å². The van der Waals surface area contributed by atoms with Crippen LogP contribution < -0.4 is 0 Å². The Morgan fingerprint density at radius 1 is 1.06 bits per heavy atom. The van der Waals surface area contributed by atoms with Crippen LogP contribution in [0.25, 0.3) is 0 Å². The van der Waals surface area contributed by atoms with Crippen molar-refractivity contribution in [3.8, 4) is 12.3 Å². The Morgan fingerprint density at radius 2 is 1.58 bits per heavy atom. The van der Waals surface area contributed by atoms with Crippen LogP contribution in [0.2, 0.25) is 0 Å². The molecule has 1 aromatic rings. The maximum atomic E-state index is 14.2. The maximum Gasteiger partial charge on any atom is 0.330 e. The summed E-state index contributed by atoms with van der Waals surface area (Å²) in [5.41, 5.74) is -3.20. The van der Waals surface area contributed by atoms with E-state index in [-0.39, 0.29) is 5.92 Å². The molecule has 168 valence electrons. The van der Waals surface area contributed by atoms with Gasteiger partial charge in [0.1, 0.15) is 12.2 Å². The highest BCUT2D eigenvalue weighted by atomic mass is 19.2.